The Morgan fingerprint density at radius 3 is 2.26 bits per heavy atom. The van der Waals surface area contributed by atoms with Crippen LogP contribution in [0.2, 0.25) is 5.02 Å². The van der Waals surface area contributed by atoms with E-state index in [0.717, 1.165) is 0 Å². The molecular formula is C13H15ClN2O3. The second-order valence-electron chi connectivity index (χ2n) is 4.43. The molecule has 1 aromatic carbocycles. The molecule has 2 atom stereocenters. The van der Waals surface area contributed by atoms with Crippen molar-refractivity contribution in [1.29, 1.82) is 0 Å². The van der Waals surface area contributed by atoms with Crippen LogP contribution in [0.5, 0.6) is 5.75 Å². The zero-order chi connectivity index (χ0) is 14.2. The molecule has 0 spiro atoms. The van der Waals surface area contributed by atoms with Gasteiger partial charge in [-0.3, -0.25) is 14.9 Å². The van der Waals surface area contributed by atoms with E-state index in [9.17, 15) is 9.59 Å². The lowest BCUT2D eigenvalue weighted by Crippen LogP contribution is -2.61. The highest BCUT2D eigenvalue weighted by atomic mass is 35.5. The molecule has 19 heavy (non-hydrogen) atoms. The number of piperazine rings is 1. The highest BCUT2D eigenvalue weighted by Crippen LogP contribution is 2.31. The number of ether oxygens (including phenoxy) is 1. The van der Waals surface area contributed by atoms with E-state index in [1.165, 1.54) is 7.11 Å². The maximum atomic E-state index is 11.7. The van der Waals surface area contributed by atoms with Gasteiger partial charge in [0.05, 0.1) is 12.1 Å². The molecule has 2 rings (SSSR count). The number of rotatable bonds is 2. The molecule has 102 valence electrons. The summed E-state index contributed by atoms with van der Waals surface area (Å²) in [6.45, 7) is 3.49. The number of imide groups is 1. The van der Waals surface area contributed by atoms with Crippen molar-refractivity contribution < 1.29 is 14.3 Å². The first-order chi connectivity index (χ1) is 8.95. The number of methoxy groups -OCH3 is 1. The van der Waals surface area contributed by atoms with E-state index in [4.69, 9.17) is 16.3 Å². The maximum absolute atomic E-state index is 11.7. The Morgan fingerprint density at radius 1 is 1.21 bits per heavy atom. The molecule has 5 nitrogen and oxygen atoms in total. The molecule has 2 amide bonds. The minimum absolute atomic E-state index is 0.310. The van der Waals surface area contributed by atoms with Gasteiger partial charge in [-0.25, -0.2) is 0 Å². The number of anilines is 1. The predicted molar refractivity (Wildman–Crippen MR) is 72.6 cm³/mol. The molecule has 0 saturated carbocycles. The van der Waals surface area contributed by atoms with Gasteiger partial charge in [0.1, 0.15) is 17.8 Å². The molecule has 1 saturated heterocycles. The lowest BCUT2D eigenvalue weighted by Gasteiger charge is -2.38. The zero-order valence-electron chi connectivity index (χ0n) is 10.9. The van der Waals surface area contributed by atoms with Crippen LogP contribution in [0.4, 0.5) is 5.69 Å². The van der Waals surface area contributed by atoms with Crippen LogP contribution in [-0.2, 0) is 9.59 Å². The highest BCUT2D eigenvalue weighted by molar-refractivity contribution is 6.32. The molecule has 1 aliphatic rings. The number of nitrogens with one attached hydrogen (secondary N) is 1. The van der Waals surface area contributed by atoms with Gasteiger partial charge in [0.25, 0.3) is 0 Å². The molecule has 1 aromatic rings. The third kappa shape index (κ3) is 2.38. The predicted octanol–water partition coefficient (Wildman–Crippen LogP) is 1.59. The van der Waals surface area contributed by atoms with Crippen LogP contribution in [0.25, 0.3) is 0 Å². The molecule has 1 aliphatic heterocycles. The number of hydrogen-bond donors (Lipinski definition) is 1. The molecule has 0 aromatic heterocycles. The largest absolute Gasteiger partial charge is 0.495 e. The minimum atomic E-state index is -0.433. The van der Waals surface area contributed by atoms with E-state index >= 15 is 0 Å². The molecule has 2 unspecified atom stereocenters. The molecular weight excluding hydrogens is 268 g/mol. The monoisotopic (exact) mass is 282 g/mol. The van der Waals surface area contributed by atoms with Gasteiger partial charge in [-0.1, -0.05) is 11.6 Å². The Morgan fingerprint density at radius 2 is 1.79 bits per heavy atom. The van der Waals surface area contributed by atoms with Gasteiger partial charge in [-0.2, -0.15) is 0 Å². The first-order valence-electron chi connectivity index (χ1n) is 5.92. The topological polar surface area (TPSA) is 58.6 Å². The fraction of sp³-hybridized carbons (Fsp3) is 0.385. The molecule has 0 bridgehead atoms. The summed E-state index contributed by atoms with van der Waals surface area (Å²) in [5.41, 5.74) is 0.717. The van der Waals surface area contributed by atoms with Crippen LogP contribution in [-0.4, -0.2) is 31.0 Å². The number of nitrogens with zero attached hydrogens (tertiary/aromatic N) is 1. The number of carbonyl (C=O) groups is 2. The number of halogens is 1. The summed E-state index contributed by atoms with van der Waals surface area (Å²) >= 11 is 6.08. The number of benzene rings is 1. The van der Waals surface area contributed by atoms with Gasteiger partial charge in [0.15, 0.2) is 0 Å². The summed E-state index contributed by atoms with van der Waals surface area (Å²) in [6, 6.07) is 4.33. The van der Waals surface area contributed by atoms with E-state index in [-0.39, 0.29) is 11.8 Å². The molecule has 0 radical (unpaired) electrons. The fourth-order valence-corrected chi connectivity index (χ4v) is 2.43. The Hall–Kier alpha value is -1.75. The SMILES string of the molecule is COc1ccc(N2C(C)C(=O)NC(=O)C2C)cc1Cl. The summed E-state index contributed by atoms with van der Waals surface area (Å²) in [5, 5.41) is 2.78. The lowest BCUT2D eigenvalue weighted by molar-refractivity contribution is -0.134. The highest BCUT2D eigenvalue weighted by Gasteiger charge is 2.36. The number of amides is 2. The summed E-state index contributed by atoms with van der Waals surface area (Å²) < 4.78 is 5.09. The van der Waals surface area contributed by atoms with E-state index < -0.39 is 12.1 Å². The third-order valence-corrected chi connectivity index (χ3v) is 3.57. The Labute approximate surface area is 116 Å². The summed E-state index contributed by atoms with van der Waals surface area (Å²) in [7, 11) is 1.53. The smallest absolute Gasteiger partial charge is 0.249 e. The first-order valence-corrected chi connectivity index (χ1v) is 6.30. The zero-order valence-corrected chi connectivity index (χ0v) is 11.7. The van der Waals surface area contributed by atoms with Crippen LogP contribution in [0, 0.1) is 0 Å². The number of hydrogen-bond acceptors (Lipinski definition) is 4. The van der Waals surface area contributed by atoms with Crippen LogP contribution in [0.15, 0.2) is 18.2 Å². The van der Waals surface area contributed by atoms with Crippen molar-refractivity contribution in [2.75, 3.05) is 12.0 Å². The minimum Gasteiger partial charge on any atom is -0.495 e. The van der Waals surface area contributed by atoms with Gasteiger partial charge >= 0.3 is 0 Å². The summed E-state index contributed by atoms with van der Waals surface area (Å²) in [6.07, 6.45) is 0. The lowest BCUT2D eigenvalue weighted by atomic mass is 10.1. The second-order valence-corrected chi connectivity index (χ2v) is 4.84. The number of carbonyl (C=O) groups excluding carboxylic acids is 2. The van der Waals surface area contributed by atoms with Crippen LogP contribution in [0.1, 0.15) is 13.8 Å². The van der Waals surface area contributed by atoms with E-state index in [2.05, 4.69) is 5.32 Å². The van der Waals surface area contributed by atoms with Crippen molar-refractivity contribution >= 4 is 29.1 Å². The Balaban J connectivity index is 2.40. The average Bonchev–Trinajstić information content (AvgIpc) is 2.37. The van der Waals surface area contributed by atoms with Crippen molar-refractivity contribution in [2.24, 2.45) is 0 Å². The maximum Gasteiger partial charge on any atom is 0.249 e. The first kappa shape index (κ1) is 13.7. The van der Waals surface area contributed by atoms with Gasteiger partial charge < -0.3 is 9.64 Å². The normalized spacial score (nSPS) is 23.3. The van der Waals surface area contributed by atoms with E-state index in [1.54, 1.807) is 36.9 Å². The molecule has 0 aliphatic carbocycles. The Bertz CT molecular complexity index is 513. The quantitative estimate of drug-likeness (QED) is 0.837. The van der Waals surface area contributed by atoms with Gasteiger partial charge in [-0.15, -0.1) is 0 Å². The average molecular weight is 283 g/mol. The van der Waals surface area contributed by atoms with Gasteiger partial charge in [-0.05, 0) is 32.0 Å². The fourth-order valence-electron chi connectivity index (χ4n) is 2.18. The van der Waals surface area contributed by atoms with Crippen LogP contribution in [0.3, 0.4) is 0 Å². The van der Waals surface area contributed by atoms with Crippen molar-refractivity contribution in [3.05, 3.63) is 23.2 Å². The van der Waals surface area contributed by atoms with Crippen molar-refractivity contribution in [1.82, 2.24) is 5.32 Å². The van der Waals surface area contributed by atoms with Crippen LogP contribution < -0.4 is 15.0 Å². The molecule has 1 fully saturated rings. The summed E-state index contributed by atoms with van der Waals surface area (Å²) in [4.78, 5) is 25.2. The molecule has 1 heterocycles. The van der Waals surface area contributed by atoms with Crippen molar-refractivity contribution in [3.63, 3.8) is 0 Å². The van der Waals surface area contributed by atoms with Gasteiger partial charge in [0, 0.05) is 5.69 Å². The van der Waals surface area contributed by atoms with Crippen LogP contribution >= 0.6 is 11.6 Å². The van der Waals surface area contributed by atoms with Crippen molar-refractivity contribution in [2.45, 2.75) is 25.9 Å². The van der Waals surface area contributed by atoms with E-state index in [0.29, 0.717) is 16.5 Å². The van der Waals surface area contributed by atoms with Crippen molar-refractivity contribution in [3.8, 4) is 5.75 Å². The summed E-state index contributed by atoms with van der Waals surface area (Å²) in [5.74, 6) is -0.0661. The third-order valence-electron chi connectivity index (χ3n) is 3.27. The second kappa shape index (κ2) is 5.09. The van der Waals surface area contributed by atoms with E-state index in [1.807, 2.05) is 0 Å². The molecule has 6 heteroatoms. The Kier molecular flexibility index (Phi) is 3.66. The van der Waals surface area contributed by atoms with Gasteiger partial charge in [0.2, 0.25) is 11.8 Å². The molecule has 1 N–H and O–H groups in total. The standard InChI is InChI=1S/C13H15ClN2O3/c1-7-12(17)15-13(18)8(2)16(7)9-4-5-11(19-3)10(14)6-9/h4-8H,1-3H3,(H,15,17,18).